The monoisotopic (exact) mass is 249 g/mol. The Kier molecular flexibility index (Phi) is 4.89. The predicted molar refractivity (Wildman–Crippen MR) is 69.8 cm³/mol. The maximum absolute atomic E-state index is 11.9. The summed E-state index contributed by atoms with van der Waals surface area (Å²) < 4.78 is 5.51. The van der Waals surface area contributed by atoms with E-state index < -0.39 is 6.04 Å². The topological polar surface area (TPSA) is 55.4 Å². The minimum Gasteiger partial charge on any atom is -0.491 e. The van der Waals surface area contributed by atoms with Gasteiger partial charge in [-0.05, 0) is 45.9 Å². The molecule has 1 aromatic carbocycles. The van der Waals surface area contributed by atoms with Crippen LogP contribution in [0.1, 0.15) is 38.1 Å². The molecule has 18 heavy (non-hydrogen) atoms. The first-order valence-electron chi connectivity index (χ1n) is 5.98. The molecule has 1 unspecified atom stereocenters. The Morgan fingerprint density at radius 1 is 1.22 bits per heavy atom. The van der Waals surface area contributed by atoms with Gasteiger partial charge in [-0.3, -0.25) is 9.59 Å². The zero-order valence-corrected chi connectivity index (χ0v) is 11.2. The number of nitrogens with one attached hydrogen (secondary N) is 1. The second-order valence-corrected chi connectivity index (χ2v) is 4.50. The van der Waals surface area contributed by atoms with Crippen LogP contribution in [0.15, 0.2) is 24.3 Å². The zero-order chi connectivity index (χ0) is 13.7. The fraction of sp³-hybridized carbons (Fsp3) is 0.429. The molecule has 0 saturated heterocycles. The molecule has 1 N–H and O–H groups in total. The van der Waals surface area contributed by atoms with Gasteiger partial charge in [-0.1, -0.05) is 6.07 Å². The van der Waals surface area contributed by atoms with Crippen LogP contribution in [0.4, 0.5) is 0 Å². The van der Waals surface area contributed by atoms with Crippen molar-refractivity contribution < 1.29 is 14.3 Å². The molecule has 0 heterocycles. The van der Waals surface area contributed by atoms with Gasteiger partial charge in [0.1, 0.15) is 5.75 Å². The van der Waals surface area contributed by atoms with E-state index in [9.17, 15) is 9.59 Å². The molecular formula is C14H19NO3. The average Bonchev–Trinajstić information content (AvgIpc) is 2.28. The lowest BCUT2D eigenvalue weighted by Gasteiger charge is -2.13. The lowest BCUT2D eigenvalue weighted by molar-refractivity contribution is -0.118. The SMILES string of the molecule is CC(=O)C(C)NC(=O)c1cccc(OC(C)C)c1. The van der Waals surface area contributed by atoms with Gasteiger partial charge in [-0.2, -0.15) is 0 Å². The van der Waals surface area contributed by atoms with E-state index in [2.05, 4.69) is 5.32 Å². The Balaban J connectivity index is 2.77. The van der Waals surface area contributed by atoms with E-state index in [1.807, 2.05) is 13.8 Å². The van der Waals surface area contributed by atoms with Crippen LogP contribution in [-0.2, 0) is 4.79 Å². The van der Waals surface area contributed by atoms with Gasteiger partial charge < -0.3 is 10.1 Å². The van der Waals surface area contributed by atoms with E-state index in [1.54, 1.807) is 31.2 Å². The predicted octanol–water partition coefficient (Wildman–Crippen LogP) is 2.18. The highest BCUT2D eigenvalue weighted by Crippen LogP contribution is 2.15. The first kappa shape index (κ1) is 14.2. The molecule has 4 heteroatoms. The molecule has 0 spiro atoms. The maximum atomic E-state index is 11.9. The van der Waals surface area contributed by atoms with Gasteiger partial charge in [-0.25, -0.2) is 0 Å². The number of carbonyl (C=O) groups excluding carboxylic acids is 2. The van der Waals surface area contributed by atoms with E-state index in [0.29, 0.717) is 11.3 Å². The van der Waals surface area contributed by atoms with Gasteiger partial charge in [0.15, 0.2) is 5.78 Å². The van der Waals surface area contributed by atoms with E-state index in [1.165, 1.54) is 6.92 Å². The molecule has 0 aliphatic rings. The average molecular weight is 249 g/mol. The molecule has 0 bridgehead atoms. The third-order valence-electron chi connectivity index (χ3n) is 2.43. The van der Waals surface area contributed by atoms with Crippen LogP contribution in [0.5, 0.6) is 5.75 Å². The van der Waals surface area contributed by atoms with Crippen molar-refractivity contribution in [1.29, 1.82) is 0 Å². The van der Waals surface area contributed by atoms with Crippen LogP contribution in [-0.4, -0.2) is 23.8 Å². The third-order valence-corrected chi connectivity index (χ3v) is 2.43. The van der Waals surface area contributed by atoms with Crippen LogP contribution >= 0.6 is 0 Å². The van der Waals surface area contributed by atoms with E-state index in [4.69, 9.17) is 4.74 Å². The quantitative estimate of drug-likeness (QED) is 0.870. The molecule has 98 valence electrons. The molecule has 1 atom stereocenters. The molecule has 0 fully saturated rings. The van der Waals surface area contributed by atoms with Gasteiger partial charge >= 0.3 is 0 Å². The molecule has 0 radical (unpaired) electrons. The molecular weight excluding hydrogens is 230 g/mol. The van der Waals surface area contributed by atoms with Crippen molar-refractivity contribution in [3.05, 3.63) is 29.8 Å². The molecule has 1 rings (SSSR count). The summed E-state index contributed by atoms with van der Waals surface area (Å²) in [6.07, 6.45) is 0.0551. The molecule has 0 aromatic heterocycles. The van der Waals surface area contributed by atoms with Gasteiger partial charge in [0.25, 0.3) is 5.91 Å². The number of carbonyl (C=O) groups is 2. The number of Topliss-reactive ketones (excluding diaryl/α,β-unsaturated/α-hetero) is 1. The molecule has 4 nitrogen and oxygen atoms in total. The van der Waals surface area contributed by atoms with E-state index in [-0.39, 0.29) is 17.8 Å². The maximum Gasteiger partial charge on any atom is 0.251 e. The first-order valence-corrected chi connectivity index (χ1v) is 5.98. The van der Waals surface area contributed by atoms with Crippen molar-refractivity contribution in [3.8, 4) is 5.75 Å². The number of ether oxygens (including phenoxy) is 1. The standard InChI is InChI=1S/C14H19NO3/c1-9(2)18-13-7-5-6-12(8-13)14(17)15-10(3)11(4)16/h5-10H,1-4H3,(H,15,17). The number of benzene rings is 1. The summed E-state index contributed by atoms with van der Waals surface area (Å²) in [5.74, 6) is 0.304. The summed E-state index contributed by atoms with van der Waals surface area (Å²) in [6, 6.07) is 6.43. The van der Waals surface area contributed by atoms with Crippen molar-refractivity contribution in [2.75, 3.05) is 0 Å². The largest absolute Gasteiger partial charge is 0.491 e. The van der Waals surface area contributed by atoms with Gasteiger partial charge in [0.05, 0.1) is 12.1 Å². The van der Waals surface area contributed by atoms with Gasteiger partial charge in [0.2, 0.25) is 0 Å². The Morgan fingerprint density at radius 2 is 1.89 bits per heavy atom. The summed E-state index contributed by atoms with van der Waals surface area (Å²) in [5.41, 5.74) is 0.487. The Morgan fingerprint density at radius 3 is 2.44 bits per heavy atom. The molecule has 0 saturated carbocycles. The number of amides is 1. The second-order valence-electron chi connectivity index (χ2n) is 4.50. The van der Waals surface area contributed by atoms with Crippen LogP contribution < -0.4 is 10.1 Å². The Hall–Kier alpha value is -1.84. The number of hydrogen-bond acceptors (Lipinski definition) is 3. The van der Waals surface area contributed by atoms with Crippen LogP contribution in [0.25, 0.3) is 0 Å². The van der Waals surface area contributed by atoms with Crippen molar-refractivity contribution in [1.82, 2.24) is 5.32 Å². The Labute approximate surface area is 107 Å². The summed E-state index contributed by atoms with van der Waals surface area (Å²) in [6.45, 7) is 6.95. The van der Waals surface area contributed by atoms with Gasteiger partial charge in [0, 0.05) is 5.56 Å². The molecule has 0 aliphatic heterocycles. The Bertz CT molecular complexity index is 440. The van der Waals surface area contributed by atoms with Crippen LogP contribution in [0.2, 0.25) is 0 Å². The van der Waals surface area contributed by atoms with Crippen molar-refractivity contribution in [2.45, 2.75) is 39.8 Å². The third kappa shape index (κ3) is 4.20. The smallest absolute Gasteiger partial charge is 0.251 e. The lowest BCUT2D eigenvalue weighted by atomic mass is 10.1. The van der Waals surface area contributed by atoms with Crippen LogP contribution in [0.3, 0.4) is 0 Å². The van der Waals surface area contributed by atoms with Crippen molar-refractivity contribution in [3.63, 3.8) is 0 Å². The minimum absolute atomic E-state index is 0.0551. The molecule has 1 aromatic rings. The highest BCUT2D eigenvalue weighted by atomic mass is 16.5. The first-order chi connectivity index (χ1) is 8.40. The summed E-state index contributed by atoms with van der Waals surface area (Å²) in [5, 5.41) is 2.63. The van der Waals surface area contributed by atoms with Crippen molar-refractivity contribution in [2.24, 2.45) is 0 Å². The molecule has 1 amide bonds. The number of hydrogen-bond donors (Lipinski definition) is 1. The zero-order valence-electron chi connectivity index (χ0n) is 11.2. The normalized spacial score (nSPS) is 12.1. The van der Waals surface area contributed by atoms with Crippen LogP contribution in [0, 0.1) is 0 Å². The molecule has 0 aliphatic carbocycles. The van der Waals surface area contributed by atoms with Crippen molar-refractivity contribution >= 4 is 11.7 Å². The number of ketones is 1. The van der Waals surface area contributed by atoms with E-state index in [0.717, 1.165) is 0 Å². The number of rotatable bonds is 5. The summed E-state index contributed by atoms with van der Waals surface area (Å²) in [7, 11) is 0. The highest BCUT2D eigenvalue weighted by molar-refractivity contribution is 5.97. The minimum atomic E-state index is -0.479. The fourth-order valence-electron chi connectivity index (χ4n) is 1.36. The highest BCUT2D eigenvalue weighted by Gasteiger charge is 2.13. The lowest BCUT2D eigenvalue weighted by Crippen LogP contribution is -2.37. The van der Waals surface area contributed by atoms with Gasteiger partial charge in [-0.15, -0.1) is 0 Å². The van der Waals surface area contributed by atoms with E-state index >= 15 is 0 Å². The summed E-state index contributed by atoms with van der Waals surface area (Å²) >= 11 is 0. The summed E-state index contributed by atoms with van der Waals surface area (Å²) in [4.78, 5) is 23.0. The second kappa shape index (κ2) is 6.19. The fourth-order valence-corrected chi connectivity index (χ4v) is 1.36.